The van der Waals surface area contributed by atoms with Crippen molar-refractivity contribution < 1.29 is 0 Å². The molecule has 0 bridgehead atoms. The molecule has 0 aliphatic rings. The highest BCUT2D eigenvalue weighted by Crippen LogP contribution is 2.15. The molecule has 0 atom stereocenters. The predicted molar refractivity (Wildman–Crippen MR) is 73.5 cm³/mol. The van der Waals surface area contributed by atoms with Crippen LogP contribution in [0.25, 0.3) is 5.69 Å². The van der Waals surface area contributed by atoms with Crippen LogP contribution >= 0.6 is 12.2 Å². The van der Waals surface area contributed by atoms with Gasteiger partial charge in [-0.3, -0.25) is 4.57 Å². The maximum atomic E-state index is 5.42. The number of rotatable bonds is 2. The first-order valence-corrected chi connectivity index (χ1v) is 5.84. The molecule has 4 heteroatoms. The van der Waals surface area contributed by atoms with Crippen molar-refractivity contribution in [2.75, 3.05) is 19.0 Å². The van der Waals surface area contributed by atoms with Crippen LogP contribution in [0.1, 0.15) is 5.82 Å². The summed E-state index contributed by atoms with van der Waals surface area (Å²) in [5, 5.41) is 0. The van der Waals surface area contributed by atoms with Gasteiger partial charge in [0.05, 0.1) is 0 Å². The molecule has 0 aliphatic heterocycles. The fourth-order valence-electron chi connectivity index (χ4n) is 1.70. The maximum absolute atomic E-state index is 5.42. The highest BCUT2D eigenvalue weighted by atomic mass is 32.1. The van der Waals surface area contributed by atoms with Gasteiger partial charge in [-0.2, -0.15) is 0 Å². The predicted octanol–water partition coefficient (Wildman–Crippen LogP) is 2.98. The van der Waals surface area contributed by atoms with E-state index in [0.29, 0.717) is 0 Å². The molecule has 0 fully saturated rings. The summed E-state index contributed by atoms with van der Waals surface area (Å²) in [6.07, 6.45) is 0. The third-order valence-electron chi connectivity index (χ3n) is 2.55. The van der Waals surface area contributed by atoms with Gasteiger partial charge in [0.1, 0.15) is 16.3 Å². The van der Waals surface area contributed by atoms with Crippen LogP contribution in [0.5, 0.6) is 0 Å². The fraction of sp³-hybridized carbons (Fsp3) is 0.231. The molecule has 0 aliphatic carbocycles. The summed E-state index contributed by atoms with van der Waals surface area (Å²) in [6.45, 7) is 1.97. The molecule has 17 heavy (non-hydrogen) atoms. The molecule has 0 amide bonds. The summed E-state index contributed by atoms with van der Waals surface area (Å²) in [5.41, 5.74) is 1.05. The summed E-state index contributed by atoms with van der Waals surface area (Å²) in [5.74, 6) is 1.78. The normalized spacial score (nSPS) is 10.3. The number of hydrogen-bond donors (Lipinski definition) is 0. The third kappa shape index (κ3) is 2.36. The molecule has 0 saturated carbocycles. The minimum absolute atomic E-state index is 0.771. The molecule has 3 nitrogen and oxygen atoms in total. The Kier molecular flexibility index (Phi) is 3.24. The Morgan fingerprint density at radius 1 is 1.18 bits per heavy atom. The second kappa shape index (κ2) is 4.67. The molecule has 0 unspecified atom stereocenters. The summed E-state index contributed by atoms with van der Waals surface area (Å²) < 4.78 is 2.75. The molecule has 0 spiro atoms. The van der Waals surface area contributed by atoms with Crippen molar-refractivity contribution in [1.29, 1.82) is 0 Å². The number of benzene rings is 1. The quantitative estimate of drug-likeness (QED) is 0.759. The Labute approximate surface area is 106 Å². The lowest BCUT2D eigenvalue weighted by Gasteiger charge is -2.16. The van der Waals surface area contributed by atoms with Gasteiger partial charge in [-0.05, 0) is 19.1 Å². The number of anilines is 1. The van der Waals surface area contributed by atoms with Gasteiger partial charge in [0.2, 0.25) is 0 Å². The minimum atomic E-state index is 0.771. The van der Waals surface area contributed by atoms with E-state index < -0.39 is 0 Å². The zero-order chi connectivity index (χ0) is 12.4. The smallest absolute Gasteiger partial charge is 0.133 e. The van der Waals surface area contributed by atoms with Crippen LogP contribution in [0.4, 0.5) is 5.82 Å². The van der Waals surface area contributed by atoms with Crippen LogP contribution in [0.15, 0.2) is 36.4 Å². The molecule has 2 rings (SSSR count). The van der Waals surface area contributed by atoms with E-state index in [4.69, 9.17) is 12.2 Å². The zero-order valence-electron chi connectivity index (χ0n) is 10.2. The van der Waals surface area contributed by atoms with E-state index in [1.165, 1.54) is 0 Å². The Morgan fingerprint density at radius 2 is 1.82 bits per heavy atom. The first-order chi connectivity index (χ1) is 8.09. The Bertz CT molecular complexity index is 573. The topological polar surface area (TPSA) is 21.1 Å². The highest BCUT2D eigenvalue weighted by Gasteiger charge is 2.05. The van der Waals surface area contributed by atoms with Crippen molar-refractivity contribution in [2.45, 2.75) is 6.92 Å². The van der Waals surface area contributed by atoms with Crippen LogP contribution in [-0.4, -0.2) is 23.6 Å². The molecule has 88 valence electrons. The van der Waals surface area contributed by atoms with E-state index >= 15 is 0 Å². The van der Waals surface area contributed by atoms with Crippen LogP contribution in [-0.2, 0) is 0 Å². The van der Waals surface area contributed by atoms with Gasteiger partial charge >= 0.3 is 0 Å². The molecular weight excluding hydrogens is 230 g/mol. The summed E-state index contributed by atoms with van der Waals surface area (Å²) >= 11 is 5.42. The van der Waals surface area contributed by atoms with E-state index in [1.807, 2.05) is 66.9 Å². The molecule has 0 radical (unpaired) electrons. The molecule has 1 heterocycles. The molecule has 1 aromatic carbocycles. The van der Waals surface area contributed by atoms with Crippen LogP contribution < -0.4 is 4.90 Å². The lowest BCUT2D eigenvalue weighted by atomic mass is 10.3. The Morgan fingerprint density at radius 3 is 2.35 bits per heavy atom. The van der Waals surface area contributed by atoms with Gasteiger partial charge in [-0.1, -0.05) is 30.4 Å². The van der Waals surface area contributed by atoms with Gasteiger partial charge < -0.3 is 4.90 Å². The second-order valence-corrected chi connectivity index (χ2v) is 4.48. The SMILES string of the molecule is Cc1nc(N(C)C)cc(=S)n1-c1ccccc1. The van der Waals surface area contributed by atoms with E-state index in [-0.39, 0.29) is 0 Å². The second-order valence-electron chi connectivity index (χ2n) is 4.07. The van der Waals surface area contributed by atoms with E-state index in [0.717, 1.165) is 22.0 Å². The van der Waals surface area contributed by atoms with Crippen molar-refractivity contribution in [1.82, 2.24) is 9.55 Å². The van der Waals surface area contributed by atoms with Crippen molar-refractivity contribution >= 4 is 18.0 Å². The average Bonchev–Trinajstić information content (AvgIpc) is 2.29. The third-order valence-corrected chi connectivity index (χ3v) is 2.85. The molecule has 1 aromatic heterocycles. The Balaban J connectivity index is 2.61. The number of aromatic nitrogens is 2. The van der Waals surface area contributed by atoms with Gasteiger partial charge in [0.25, 0.3) is 0 Å². The standard InChI is InChI=1S/C13H15N3S/c1-10-14-12(15(2)3)9-13(17)16(10)11-7-5-4-6-8-11/h4-9H,1-3H3. The zero-order valence-corrected chi connectivity index (χ0v) is 11.0. The summed E-state index contributed by atoms with van der Waals surface area (Å²) in [7, 11) is 3.92. The maximum Gasteiger partial charge on any atom is 0.133 e. The molecule has 2 aromatic rings. The summed E-state index contributed by atoms with van der Waals surface area (Å²) in [4.78, 5) is 6.49. The molecule has 0 N–H and O–H groups in total. The molecule has 0 saturated heterocycles. The lowest BCUT2D eigenvalue weighted by molar-refractivity contribution is 0.877. The molecular formula is C13H15N3S. The first-order valence-electron chi connectivity index (χ1n) is 5.43. The Hall–Kier alpha value is -1.68. The van der Waals surface area contributed by atoms with Crippen molar-refractivity contribution in [3.63, 3.8) is 0 Å². The number of para-hydroxylation sites is 1. The first kappa shape index (κ1) is 11.8. The van der Waals surface area contributed by atoms with E-state index in [2.05, 4.69) is 4.98 Å². The minimum Gasteiger partial charge on any atom is -0.363 e. The average molecular weight is 245 g/mol. The monoisotopic (exact) mass is 245 g/mol. The van der Waals surface area contributed by atoms with Gasteiger partial charge in [0.15, 0.2) is 0 Å². The highest BCUT2D eigenvalue weighted by molar-refractivity contribution is 7.71. The van der Waals surface area contributed by atoms with Crippen molar-refractivity contribution in [3.05, 3.63) is 46.9 Å². The van der Waals surface area contributed by atoms with E-state index in [1.54, 1.807) is 0 Å². The lowest BCUT2D eigenvalue weighted by Crippen LogP contribution is -2.14. The van der Waals surface area contributed by atoms with Crippen molar-refractivity contribution in [2.24, 2.45) is 0 Å². The largest absolute Gasteiger partial charge is 0.363 e. The van der Waals surface area contributed by atoms with Crippen LogP contribution in [0.3, 0.4) is 0 Å². The van der Waals surface area contributed by atoms with Crippen LogP contribution in [0.2, 0.25) is 0 Å². The number of aryl methyl sites for hydroxylation is 1. The summed E-state index contributed by atoms with van der Waals surface area (Å²) in [6, 6.07) is 12.0. The van der Waals surface area contributed by atoms with Gasteiger partial charge in [-0.25, -0.2) is 4.98 Å². The van der Waals surface area contributed by atoms with Crippen molar-refractivity contribution in [3.8, 4) is 5.69 Å². The number of nitrogens with zero attached hydrogens (tertiary/aromatic N) is 3. The van der Waals surface area contributed by atoms with Gasteiger partial charge in [0, 0.05) is 25.8 Å². The van der Waals surface area contributed by atoms with Gasteiger partial charge in [-0.15, -0.1) is 0 Å². The van der Waals surface area contributed by atoms with Crippen LogP contribution in [0, 0.1) is 11.6 Å². The fourth-order valence-corrected chi connectivity index (χ4v) is 2.05. The van der Waals surface area contributed by atoms with E-state index in [9.17, 15) is 0 Å². The number of hydrogen-bond acceptors (Lipinski definition) is 3.